The quantitative estimate of drug-likeness (QED) is 0.156. The molecule has 0 unspecified atom stereocenters. The van der Waals surface area contributed by atoms with Gasteiger partial charge in [-0.1, -0.05) is 188 Å². The van der Waals surface area contributed by atoms with Crippen molar-refractivity contribution in [2.24, 2.45) is 0 Å². The molecule has 0 bridgehead atoms. The van der Waals surface area contributed by atoms with E-state index >= 15 is 0 Å². The zero-order valence-electron chi connectivity index (χ0n) is 32.4. The van der Waals surface area contributed by atoms with Crippen molar-refractivity contribution in [3.05, 3.63) is 206 Å². The molecule has 60 heavy (non-hydrogen) atoms. The first kappa shape index (κ1) is 33.8. The van der Waals surface area contributed by atoms with Gasteiger partial charge >= 0.3 is 0 Å². The highest BCUT2D eigenvalue weighted by Gasteiger charge is 2.23. The molecule has 0 saturated carbocycles. The standard InChI is InChI=1S/C58H34S2/c1-2-16-35(17-3-1)54-40-20-4-6-22-42(40)55(43-23-7-5-21-41(43)54)56-44-26-12-24-36(46-28-14-30-48-38-18-8-10-32-52(38)59-57(46)48)50(44)34-51-37(25-13-27-45(51)56)47-29-15-31-49-39-19-9-11-33-53(39)60-58(47)49/h1-34H. The number of benzene rings is 11. The predicted octanol–water partition coefficient (Wildman–Crippen LogP) is 17.7. The zero-order valence-corrected chi connectivity index (χ0v) is 34.1. The molecule has 0 fully saturated rings. The first-order valence-electron chi connectivity index (χ1n) is 20.6. The third kappa shape index (κ3) is 4.90. The van der Waals surface area contributed by atoms with Gasteiger partial charge in [-0.3, -0.25) is 0 Å². The van der Waals surface area contributed by atoms with Crippen molar-refractivity contribution in [2.75, 3.05) is 0 Å². The normalized spacial score (nSPS) is 12.0. The van der Waals surface area contributed by atoms with Gasteiger partial charge in [-0.25, -0.2) is 0 Å². The Balaban J connectivity index is 1.22. The van der Waals surface area contributed by atoms with Crippen molar-refractivity contribution in [3.63, 3.8) is 0 Å². The number of rotatable bonds is 4. The summed E-state index contributed by atoms with van der Waals surface area (Å²) < 4.78 is 5.31. The fourth-order valence-electron chi connectivity index (χ4n) is 10.1. The van der Waals surface area contributed by atoms with Gasteiger partial charge in [0.05, 0.1) is 0 Å². The van der Waals surface area contributed by atoms with Crippen molar-refractivity contribution in [1.82, 2.24) is 0 Å². The Morgan fingerprint density at radius 2 is 0.550 bits per heavy atom. The SMILES string of the molecule is c1ccc(-c2c3ccccc3c(-c3c4cccc(-c5cccc6c5sc5ccccc56)c4cc4c(-c5cccc6c5sc5ccccc56)cccc34)c3ccccc23)cc1. The number of thiophene rings is 2. The maximum atomic E-state index is 2.51. The van der Waals surface area contributed by atoms with Crippen LogP contribution >= 0.6 is 22.7 Å². The third-order valence-corrected chi connectivity index (χ3v) is 15.1. The summed E-state index contributed by atoms with van der Waals surface area (Å²) in [5.41, 5.74) is 10.2. The summed E-state index contributed by atoms with van der Waals surface area (Å²) in [5, 5.41) is 15.4. The lowest BCUT2D eigenvalue weighted by atomic mass is 9.81. The molecule has 11 aromatic carbocycles. The van der Waals surface area contributed by atoms with E-state index < -0.39 is 0 Å². The lowest BCUT2D eigenvalue weighted by Crippen LogP contribution is -1.94. The van der Waals surface area contributed by atoms with Gasteiger partial charge in [-0.15, -0.1) is 22.7 Å². The summed E-state index contributed by atoms with van der Waals surface area (Å²) in [7, 11) is 0. The van der Waals surface area contributed by atoms with E-state index in [0.717, 1.165) is 0 Å². The molecule has 0 amide bonds. The molecule has 0 atom stereocenters. The molecule has 0 saturated heterocycles. The van der Waals surface area contributed by atoms with E-state index in [1.54, 1.807) is 0 Å². The average Bonchev–Trinajstić information content (AvgIpc) is 3.89. The second-order valence-electron chi connectivity index (χ2n) is 15.8. The molecule has 2 heterocycles. The van der Waals surface area contributed by atoms with Crippen LogP contribution in [0, 0.1) is 0 Å². The van der Waals surface area contributed by atoms with Crippen LogP contribution < -0.4 is 0 Å². The minimum Gasteiger partial charge on any atom is -0.135 e. The highest BCUT2D eigenvalue weighted by molar-refractivity contribution is 7.26. The minimum absolute atomic E-state index is 1.23. The maximum Gasteiger partial charge on any atom is 0.0434 e. The average molecular weight is 795 g/mol. The molecule has 278 valence electrons. The van der Waals surface area contributed by atoms with Gasteiger partial charge in [0.25, 0.3) is 0 Å². The lowest BCUT2D eigenvalue weighted by molar-refractivity contribution is 1.66. The second-order valence-corrected chi connectivity index (χ2v) is 17.9. The zero-order chi connectivity index (χ0) is 39.3. The van der Waals surface area contributed by atoms with E-state index in [0.29, 0.717) is 0 Å². The van der Waals surface area contributed by atoms with Gasteiger partial charge in [0.1, 0.15) is 0 Å². The van der Waals surface area contributed by atoms with Crippen molar-refractivity contribution in [1.29, 1.82) is 0 Å². The van der Waals surface area contributed by atoms with Crippen LogP contribution in [0.15, 0.2) is 206 Å². The molecule has 0 radical (unpaired) electrons. The summed E-state index contributed by atoms with van der Waals surface area (Å²) in [4.78, 5) is 0. The Labute approximate surface area is 354 Å². The van der Waals surface area contributed by atoms with E-state index in [-0.39, 0.29) is 0 Å². The van der Waals surface area contributed by atoms with E-state index in [2.05, 4.69) is 206 Å². The van der Waals surface area contributed by atoms with Gasteiger partial charge in [0, 0.05) is 51.5 Å². The van der Waals surface area contributed by atoms with E-state index in [4.69, 9.17) is 0 Å². The van der Waals surface area contributed by atoms with Crippen LogP contribution in [0.3, 0.4) is 0 Å². The Kier molecular flexibility index (Phi) is 7.45. The number of fused-ring (bicyclic) bond motifs is 10. The summed E-state index contributed by atoms with van der Waals surface area (Å²) in [6.07, 6.45) is 0. The van der Waals surface area contributed by atoms with Gasteiger partial charge in [-0.2, -0.15) is 0 Å². The van der Waals surface area contributed by atoms with Crippen molar-refractivity contribution in [3.8, 4) is 44.5 Å². The maximum absolute atomic E-state index is 2.51. The Morgan fingerprint density at radius 1 is 0.217 bits per heavy atom. The molecule has 13 rings (SSSR count). The Bertz CT molecular complexity index is 3650. The molecular weight excluding hydrogens is 761 g/mol. The Hall–Kier alpha value is -7.10. The van der Waals surface area contributed by atoms with Crippen LogP contribution in [0.4, 0.5) is 0 Å². The monoisotopic (exact) mass is 794 g/mol. The van der Waals surface area contributed by atoms with Crippen LogP contribution in [0.25, 0.3) is 128 Å². The van der Waals surface area contributed by atoms with Crippen LogP contribution in [0.2, 0.25) is 0 Å². The van der Waals surface area contributed by atoms with Crippen LogP contribution in [0.1, 0.15) is 0 Å². The van der Waals surface area contributed by atoms with Gasteiger partial charge in [0.15, 0.2) is 0 Å². The van der Waals surface area contributed by atoms with Crippen LogP contribution in [-0.2, 0) is 0 Å². The van der Waals surface area contributed by atoms with E-state index in [1.807, 2.05) is 22.7 Å². The van der Waals surface area contributed by atoms with Crippen LogP contribution in [0.5, 0.6) is 0 Å². The smallest absolute Gasteiger partial charge is 0.0434 e. The summed E-state index contributed by atoms with van der Waals surface area (Å²) >= 11 is 3.81. The molecule has 2 aromatic heterocycles. The third-order valence-electron chi connectivity index (χ3n) is 12.7. The predicted molar refractivity (Wildman–Crippen MR) is 264 cm³/mol. The minimum atomic E-state index is 1.23. The lowest BCUT2D eigenvalue weighted by Gasteiger charge is -2.22. The van der Waals surface area contributed by atoms with Gasteiger partial charge < -0.3 is 0 Å². The second kappa shape index (κ2) is 13.2. The number of hydrogen-bond donors (Lipinski definition) is 0. The molecule has 0 N–H and O–H groups in total. The summed E-state index contributed by atoms with van der Waals surface area (Å²) in [6.45, 7) is 0. The van der Waals surface area contributed by atoms with Gasteiger partial charge in [0.2, 0.25) is 0 Å². The highest BCUT2D eigenvalue weighted by atomic mass is 32.1. The molecule has 0 nitrogen and oxygen atoms in total. The topological polar surface area (TPSA) is 0 Å². The first-order chi connectivity index (χ1) is 29.8. The molecule has 0 aliphatic rings. The highest BCUT2D eigenvalue weighted by Crippen LogP contribution is 2.51. The molecule has 13 aromatic rings. The van der Waals surface area contributed by atoms with Crippen LogP contribution in [-0.4, -0.2) is 0 Å². The fraction of sp³-hybridized carbons (Fsp3) is 0. The molecule has 0 spiro atoms. The van der Waals surface area contributed by atoms with Gasteiger partial charge in [-0.05, 0) is 94.7 Å². The van der Waals surface area contributed by atoms with E-state index in [9.17, 15) is 0 Å². The summed E-state index contributed by atoms with van der Waals surface area (Å²) in [6, 6.07) is 77.0. The van der Waals surface area contributed by atoms with Crippen molar-refractivity contribution < 1.29 is 0 Å². The van der Waals surface area contributed by atoms with Crippen molar-refractivity contribution >= 4 is 106 Å². The molecule has 0 aliphatic carbocycles. The van der Waals surface area contributed by atoms with E-state index in [1.165, 1.54) is 128 Å². The fourth-order valence-corrected chi connectivity index (χ4v) is 12.6. The molecule has 0 aliphatic heterocycles. The number of hydrogen-bond acceptors (Lipinski definition) is 2. The molecular formula is C58H34S2. The van der Waals surface area contributed by atoms with Crippen molar-refractivity contribution in [2.45, 2.75) is 0 Å². The first-order valence-corrected chi connectivity index (χ1v) is 22.2. The summed E-state index contributed by atoms with van der Waals surface area (Å²) in [5.74, 6) is 0. The Morgan fingerprint density at radius 3 is 1.02 bits per heavy atom. The largest absolute Gasteiger partial charge is 0.135 e. The molecule has 2 heteroatoms.